The van der Waals surface area contributed by atoms with Crippen LogP contribution in [-0.2, 0) is 25.7 Å². The maximum atomic E-state index is 13.9. The molecule has 2 unspecified atom stereocenters. The van der Waals surface area contributed by atoms with E-state index in [1.54, 1.807) is 12.1 Å². The van der Waals surface area contributed by atoms with E-state index >= 15 is 0 Å². The van der Waals surface area contributed by atoms with Crippen LogP contribution < -0.4 is 15.5 Å². The van der Waals surface area contributed by atoms with Gasteiger partial charge in [0.1, 0.15) is 24.7 Å². The summed E-state index contributed by atoms with van der Waals surface area (Å²) in [5.74, 6) is -1.11. The Labute approximate surface area is 271 Å². The minimum absolute atomic E-state index is 0.0642. The number of likely N-dealkylation sites (tertiary alicyclic amines) is 2. The number of Topliss-reactive ketones (excluding diaryl/α,β-unsaturated/α-hetero) is 1. The third kappa shape index (κ3) is 8.44. The molecule has 0 aromatic heterocycles. The fourth-order valence-electron chi connectivity index (χ4n) is 6.20. The van der Waals surface area contributed by atoms with E-state index in [4.69, 9.17) is 4.74 Å². The van der Waals surface area contributed by atoms with Crippen molar-refractivity contribution in [3.63, 3.8) is 0 Å². The van der Waals surface area contributed by atoms with Gasteiger partial charge in [-0.3, -0.25) is 19.2 Å². The van der Waals surface area contributed by atoms with Gasteiger partial charge in [-0.2, -0.15) is 0 Å². The van der Waals surface area contributed by atoms with Crippen LogP contribution in [0.2, 0.25) is 0 Å². The summed E-state index contributed by atoms with van der Waals surface area (Å²) in [6, 6.07) is 13.4. The summed E-state index contributed by atoms with van der Waals surface area (Å²) in [4.78, 5) is 72.0. The van der Waals surface area contributed by atoms with Gasteiger partial charge in [-0.15, -0.1) is 0 Å². The molecule has 0 aliphatic carbocycles. The van der Waals surface area contributed by atoms with Crippen LogP contribution in [0.15, 0.2) is 54.6 Å². The Bertz CT molecular complexity index is 1390. The average Bonchev–Trinajstić information content (AvgIpc) is 3.60. The summed E-state index contributed by atoms with van der Waals surface area (Å²) in [6.45, 7) is 8.04. The average molecular weight is 634 g/mol. The summed E-state index contributed by atoms with van der Waals surface area (Å²) in [5.41, 5.74) is 2.21. The molecular formula is C35H47N5O6. The first-order chi connectivity index (χ1) is 21.8. The second-order valence-electron chi connectivity index (χ2n) is 13.3. The maximum absolute atomic E-state index is 13.9. The smallest absolute Gasteiger partial charge is 0.408 e. The van der Waals surface area contributed by atoms with Crippen LogP contribution in [0.5, 0.6) is 0 Å². The van der Waals surface area contributed by atoms with Crippen LogP contribution in [0.25, 0.3) is 0 Å². The van der Waals surface area contributed by atoms with Crippen molar-refractivity contribution in [2.24, 2.45) is 11.8 Å². The Balaban J connectivity index is 1.44. The van der Waals surface area contributed by atoms with Crippen LogP contribution in [0.1, 0.15) is 62.9 Å². The lowest BCUT2D eigenvalue weighted by Crippen LogP contribution is -2.53. The van der Waals surface area contributed by atoms with Gasteiger partial charge >= 0.3 is 6.09 Å². The van der Waals surface area contributed by atoms with Crippen LogP contribution in [-0.4, -0.2) is 90.8 Å². The number of nitrogens with zero attached hydrogens (tertiary/aromatic N) is 3. The lowest BCUT2D eigenvalue weighted by atomic mass is 10.0. The van der Waals surface area contributed by atoms with E-state index in [1.807, 2.05) is 89.2 Å². The van der Waals surface area contributed by atoms with E-state index < -0.39 is 30.3 Å². The molecule has 2 heterocycles. The second kappa shape index (κ2) is 15.2. The molecule has 2 saturated heterocycles. The van der Waals surface area contributed by atoms with Gasteiger partial charge in [0.2, 0.25) is 11.8 Å². The molecule has 2 aliphatic heterocycles. The van der Waals surface area contributed by atoms with Crippen molar-refractivity contribution in [3.8, 4) is 0 Å². The van der Waals surface area contributed by atoms with Crippen LogP contribution in [0.4, 0.5) is 10.5 Å². The fourth-order valence-corrected chi connectivity index (χ4v) is 6.20. The van der Waals surface area contributed by atoms with Crippen molar-refractivity contribution in [1.29, 1.82) is 0 Å². The van der Waals surface area contributed by atoms with Gasteiger partial charge in [-0.25, -0.2) is 4.79 Å². The number of nitrogens with one attached hydrogen (secondary N) is 2. The number of benzene rings is 2. The van der Waals surface area contributed by atoms with Crippen molar-refractivity contribution in [1.82, 2.24) is 20.4 Å². The summed E-state index contributed by atoms with van der Waals surface area (Å²) in [7, 11) is 3.83. The Morgan fingerprint density at radius 1 is 0.848 bits per heavy atom. The molecule has 2 aromatic carbocycles. The first-order valence-corrected chi connectivity index (χ1v) is 16.0. The molecular weight excluding hydrogens is 586 g/mol. The Morgan fingerprint density at radius 2 is 1.43 bits per heavy atom. The first kappa shape index (κ1) is 34.5. The lowest BCUT2D eigenvalue weighted by molar-refractivity contribution is -0.138. The van der Waals surface area contributed by atoms with Gasteiger partial charge < -0.3 is 30.1 Å². The normalized spacial score (nSPS) is 18.7. The number of anilines is 1. The van der Waals surface area contributed by atoms with Gasteiger partial charge in [0.05, 0.1) is 12.6 Å². The molecule has 248 valence electrons. The molecule has 4 amide bonds. The number of amides is 4. The van der Waals surface area contributed by atoms with Gasteiger partial charge in [0, 0.05) is 31.9 Å². The molecule has 0 spiro atoms. The molecule has 2 aliphatic rings. The molecule has 11 nitrogen and oxygen atoms in total. The first-order valence-electron chi connectivity index (χ1n) is 16.0. The maximum Gasteiger partial charge on any atom is 0.408 e. The van der Waals surface area contributed by atoms with Gasteiger partial charge in [0.25, 0.3) is 5.91 Å². The molecule has 46 heavy (non-hydrogen) atoms. The summed E-state index contributed by atoms with van der Waals surface area (Å²) < 4.78 is 5.37. The molecule has 2 aromatic rings. The molecule has 4 rings (SSSR count). The number of carbonyl (C=O) groups excluding carboxylic acids is 5. The lowest BCUT2D eigenvalue weighted by Gasteiger charge is -2.30. The number of hydrogen-bond acceptors (Lipinski definition) is 7. The minimum atomic E-state index is -0.883. The van der Waals surface area contributed by atoms with E-state index in [1.165, 1.54) is 9.80 Å². The highest BCUT2D eigenvalue weighted by molar-refractivity contribution is 6.01. The Kier molecular flexibility index (Phi) is 11.4. The van der Waals surface area contributed by atoms with E-state index in [0.717, 1.165) is 11.3 Å². The largest absolute Gasteiger partial charge is 0.445 e. The standard InChI is InChI=1S/C35H47N5O6/c1-22(2)18-27(36-32(42)25-12-14-26(15-13-25)38(5)6)33(43)39-17-16-29-31(39)30(41)20-40(29)34(44)28(19-23(3)4)37-35(45)46-21-24-10-8-7-9-11-24/h7-15,22-23,27-29,31H,16-21H2,1-6H3,(H,36,42)(H,37,45)/t27-,28-,29?,31?/m0/s1. The van der Waals surface area contributed by atoms with Crippen molar-refractivity contribution in [3.05, 3.63) is 65.7 Å². The number of alkyl carbamates (subject to hydrolysis) is 1. The number of fused-ring (bicyclic) bond motifs is 1. The van der Waals surface area contributed by atoms with E-state index in [9.17, 15) is 24.0 Å². The molecule has 4 atom stereocenters. The van der Waals surface area contributed by atoms with Gasteiger partial charge in [-0.1, -0.05) is 58.0 Å². The van der Waals surface area contributed by atoms with E-state index in [0.29, 0.717) is 24.8 Å². The van der Waals surface area contributed by atoms with Gasteiger partial charge in [-0.05, 0) is 60.9 Å². The highest BCUT2D eigenvalue weighted by Gasteiger charge is 2.53. The Hall–Kier alpha value is -4.41. The highest BCUT2D eigenvalue weighted by atomic mass is 16.5. The fraction of sp³-hybridized carbons (Fsp3) is 0.514. The third-order valence-electron chi connectivity index (χ3n) is 8.46. The van der Waals surface area contributed by atoms with E-state index in [2.05, 4.69) is 10.6 Å². The molecule has 2 fully saturated rings. The summed E-state index contributed by atoms with van der Waals surface area (Å²) in [6.07, 6.45) is 0.477. The number of hydrogen-bond donors (Lipinski definition) is 2. The number of ketones is 1. The quantitative estimate of drug-likeness (QED) is 0.366. The van der Waals surface area contributed by atoms with Crippen LogP contribution >= 0.6 is 0 Å². The van der Waals surface area contributed by atoms with Crippen molar-refractivity contribution >= 4 is 35.3 Å². The molecule has 2 N–H and O–H groups in total. The third-order valence-corrected chi connectivity index (χ3v) is 8.46. The molecule has 0 bridgehead atoms. The minimum Gasteiger partial charge on any atom is -0.445 e. The molecule has 11 heteroatoms. The zero-order chi connectivity index (χ0) is 33.5. The van der Waals surface area contributed by atoms with Crippen LogP contribution in [0.3, 0.4) is 0 Å². The van der Waals surface area contributed by atoms with Crippen molar-refractivity contribution in [2.75, 3.05) is 32.1 Å². The number of carbonyl (C=O) groups is 5. The molecule has 0 radical (unpaired) electrons. The SMILES string of the molecule is CC(C)C[C@H](NC(=O)OCc1ccccc1)C(=O)N1CC(=O)C2C1CCN2C(=O)[C@H](CC(C)C)NC(=O)c1ccc(N(C)C)cc1. The Morgan fingerprint density at radius 3 is 2.02 bits per heavy atom. The summed E-state index contributed by atoms with van der Waals surface area (Å²) >= 11 is 0. The zero-order valence-electron chi connectivity index (χ0n) is 27.7. The second-order valence-corrected chi connectivity index (χ2v) is 13.3. The summed E-state index contributed by atoms with van der Waals surface area (Å²) in [5, 5.41) is 5.62. The zero-order valence-corrected chi connectivity index (χ0v) is 27.7. The van der Waals surface area contributed by atoms with Crippen LogP contribution in [0, 0.1) is 11.8 Å². The monoisotopic (exact) mass is 633 g/mol. The highest BCUT2D eigenvalue weighted by Crippen LogP contribution is 2.32. The van der Waals surface area contributed by atoms with Crippen molar-refractivity contribution in [2.45, 2.75) is 77.7 Å². The predicted octanol–water partition coefficient (Wildman–Crippen LogP) is 3.62. The predicted molar refractivity (Wildman–Crippen MR) is 175 cm³/mol. The topological polar surface area (TPSA) is 128 Å². The number of rotatable bonds is 12. The number of ether oxygens (including phenoxy) is 1. The van der Waals surface area contributed by atoms with E-state index in [-0.39, 0.29) is 55.0 Å². The molecule has 0 saturated carbocycles. The van der Waals surface area contributed by atoms with Gasteiger partial charge in [0.15, 0.2) is 5.78 Å². The van der Waals surface area contributed by atoms with Crippen molar-refractivity contribution < 1.29 is 28.7 Å².